The molecule has 1 fully saturated rings. The van der Waals surface area contributed by atoms with Crippen LogP contribution in [0.1, 0.15) is 41.6 Å². The molecule has 2 rings (SSSR count). The third kappa shape index (κ3) is 3.17. The van der Waals surface area contributed by atoms with Crippen molar-refractivity contribution in [1.29, 1.82) is 0 Å². The van der Waals surface area contributed by atoms with Crippen LogP contribution in [0.25, 0.3) is 0 Å². The molecular formula is C16H17FO3. The number of carbonyl (C=O) groups excluding carboxylic acids is 1. The summed E-state index contributed by atoms with van der Waals surface area (Å²) < 4.78 is 18.3. The monoisotopic (exact) mass is 276 g/mol. The van der Waals surface area contributed by atoms with Crippen LogP contribution in [-0.2, 0) is 4.74 Å². The molecule has 1 aromatic carbocycles. The Bertz CT molecular complexity index is 541. The largest absolute Gasteiger partial charge is 0.465 e. The normalized spacial score (nSPS) is 25.4. The number of rotatable bonds is 1. The molecule has 106 valence electrons. The number of hydrogen-bond donors (Lipinski definition) is 1. The van der Waals surface area contributed by atoms with Crippen LogP contribution in [0.3, 0.4) is 0 Å². The van der Waals surface area contributed by atoms with Crippen LogP contribution in [0.5, 0.6) is 0 Å². The molecule has 0 amide bonds. The van der Waals surface area contributed by atoms with Crippen molar-refractivity contribution in [3.63, 3.8) is 0 Å². The number of esters is 1. The topological polar surface area (TPSA) is 46.5 Å². The van der Waals surface area contributed by atoms with Gasteiger partial charge in [0.25, 0.3) is 0 Å². The summed E-state index contributed by atoms with van der Waals surface area (Å²) in [6.07, 6.45) is 0.998. The molecule has 0 heterocycles. The highest BCUT2D eigenvalue weighted by atomic mass is 19.1. The van der Waals surface area contributed by atoms with Gasteiger partial charge in [-0.05, 0) is 43.5 Å². The minimum Gasteiger partial charge on any atom is -0.465 e. The van der Waals surface area contributed by atoms with Gasteiger partial charge < -0.3 is 9.84 Å². The lowest BCUT2D eigenvalue weighted by atomic mass is 9.83. The number of benzene rings is 1. The Morgan fingerprint density at radius 1 is 1.40 bits per heavy atom. The second-order valence-corrected chi connectivity index (χ2v) is 4.96. The Balaban J connectivity index is 2.14. The molecule has 0 saturated heterocycles. The zero-order valence-electron chi connectivity index (χ0n) is 11.4. The molecule has 1 aliphatic carbocycles. The van der Waals surface area contributed by atoms with Gasteiger partial charge in [-0.15, -0.1) is 0 Å². The molecule has 20 heavy (non-hydrogen) atoms. The summed E-state index contributed by atoms with van der Waals surface area (Å²) in [6.45, 7) is 0. The third-order valence-electron chi connectivity index (χ3n) is 3.51. The molecule has 1 N–H and O–H groups in total. The van der Waals surface area contributed by atoms with E-state index in [1.807, 2.05) is 0 Å². The predicted molar refractivity (Wildman–Crippen MR) is 73.0 cm³/mol. The molecule has 2 unspecified atom stereocenters. The summed E-state index contributed by atoms with van der Waals surface area (Å²) in [7, 11) is 1.32. The number of methoxy groups -OCH3 is 1. The fraction of sp³-hybridized carbons (Fsp3) is 0.438. The first-order valence-electron chi connectivity index (χ1n) is 6.63. The van der Waals surface area contributed by atoms with Crippen molar-refractivity contribution >= 4 is 5.97 Å². The highest BCUT2D eigenvalue weighted by Gasteiger charge is 2.37. The molecule has 3 nitrogen and oxygen atoms in total. The van der Waals surface area contributed by atoms with E-state index in [0.717, 1.165) is 12.8 Å². The van der Waals surface area contributed by atoms with E-state index < -0.39 is 17.7 Å². The summed E-state index contributed by atoms with van der Waals surface area (Å²) >= 11 is 0. The zero-order chi connectivity index (χ0) is 14.6. The van der Waals surface area contributed by atoms with Gasteiger partial charge in [-0.25, -0.2) is 9.18 Å². The molecular weight excluding hydrogens is 259 g/mol. The first-order chi connectivity index (χ1) is 9.55. The van der Waals surface area contributed by atoms with E-state index in [-0.39, 0.29) is 0 Å². The zero-order valence-corrected chi connectivity index (χ0v) is 11.4. The Morgan fingerprint density at radius 2 is 2.10 bits per heavy atom. The fourth-order valence-electron chi connectivity index (χ4n) is 2.24. The molecule has 1 aromatic rings. The number of alkyl halides is 1. The smallest absolute Gasteiger partial charge is 0.337 e. The maximum absolute atomic E-state index is 13.7. The highest BCUT2D eigenvalue weighted by Crippen LogP contribution is 2.30. The molecule has 0 radical (unpaired) electrons. The highest BCUT2D eigenvalue weighted by molar-refractivity contribution is 5.89. The van der Waals surface area contributed by atoms with Crippen LogP contribution >= 0.6 is 0 Å². The number of halogens is 1. The molecule has 0 spiro atoms. The van der Waals surface area contributed by atoms with Gasteiger partial charge in [0.05, 0.1) is 12.7 Å². The van der Waals surface area contributed by atoms with Gasteiger partial charge in [0.2, 0.25) is 0 Å². The van der Waals surface area contributed by atoms with Gasteiger partial charge in [0, 0.05) is 5.56 Å². The van der Waals surface area contributed by atoms with Crippen molar-refractivity contribution < 1.29 is 19.0 Å². The number of aliphatic hydroxyl groups is 1. The average molecular weight is 276 g/mol. The standard InChI is InChI=1S/C16H17FO3/c1-20-15(18)13-7-5-12(6-8-13)9-11-16(19)10-3-2-4-14(16)17/h5-8,14,19H,2-4,10H2,1H3. The molecule has 0 aromatic heterocycles. The average Bonchev–Trinajstić information content (AvgIpc) is 2.48. The Kier molecular flexibility index (Phi) is 4.41. The van der Waals surface area contributed by atoms with Gasteiger partial charge in [-0.3, -0.25) is 0 Å². The third-order valence-corrected chi connectivity index (χ3v) is 3.51. The predicted octanol–water partition coefficient (Wildman–Crippen LogP) is 2.47. The van der Waals surface area contributed by atoms with E-state index in [1.54, 1.807) is 24.3 Å². The van der Waals surface area contributed by atoms with Crippen LogP contribution in [0.2, 0.25) is 0 Å². The van der Waals surface area contributed by atoms with Crippen molar-refractivity contribution in [2.75, 3.05) is 7.11 Å². The lowest BCUT2D eigenvalue weighted by molar-refractivity contribution is -0.0147. The minimum atomic E-state index is -1.54. The van der Waals surface area contributed by atoms with Crippen molar-refractivity contribution in [3.8, 4) is 11.8 Å². The first kappa shape index (κ1) is 14.5. The minimum absolute atomic E-state index is 0.354. The number of hydrogen-bond acceptors (Lipinski definition) is 3. The second-order valence-electron chi connectivity index (χ2n) is 4.96. The van der Waals surface area contributed by atoms with E-state index in [1.165, 1.54) is 7.11 Å². The van der Waals surface area contributed by atoms with Crippen LogP contribution in [0.4, 0.5) is 4.39 Å². The van der Waals surface area contributed by atoms with E-state index in [4.69, 9.17) is 0 Å². The molecule has 4 heteroatoms. The molecule has 0 bridgehead atoms. The maximum Gasteiger partial charge on any atom is 0.337 e. The van der Waals surface area contributed by atoms with E-state index in [9.17, 15) is 14.3 Å². The Hall–Kier alpha value is -1.86. The number of carbonyl (C=O) groups is 1. The van der Waals surface area contributed by atoms with Crippen LogP contribution in [0.15, 0.2) is 24.3 Å². The van der Waals surface area contributed by atoms with Crippen LogP contribution in [-0.4, -0.2) is 30.0 Å². The Labute approximate surface area is 117 Å². The van der Waals surface area contributed by atoms with Gasteiger partial charge in [-0.1, -0.05) is 18.3 Å². The summed E-state index contributed by atoms with van der Waals surface area (Å²) in [5.74, 6) is 5.00. The molecule has 0 aliphatic heterocycles. The molecule has 1 aliphatic rings. The van der Waals surface area contributed by atoms with Crippen molar-refractivity contribution in [3.05, 3.63) is 35.4 Å². The maximum atomic E-state index is 13.7. The SMILES string of the molecule is COC(=O)c1ccc(C#CC2(O)CCCCC2F)cc1. The van der Waals surface area contributed by atoms with E-state index in [2.05, 4.69) is 16.6 Å². The fourth-order valence-corrected chi connectivity index (χ4v) is 2.24. The van der Waals surface area contributed by atoms with Crippen molar-refractivity contribution in [1.82, 2.24) is 0 Å². The molecule has 1 saturated carbocycles. The van der Waals surface area contributed by atoms with Crippen molar-refractivity contribution in [2.24, 2.45) is 0 Å². The summed E-state index contributed by atoms with van der Waals surface area (Å²) in [5, 5.41) is 10.2. The van der Waals surface area contributed by atoms with E-state index in [0.29, 0.717) is 24.0 Å². The second kappa shape index (κ2) is 6.06. The lowest BCUT2D eigenvalue weighted by Gasteiger charge is -2.30. The molecule has 2 atom stereocenters. The Morgan fingerprint density at radius 3 is 2.70 bits per heavy atom. The quantitative estimate of drug-likeness (QED) is 0.633. The van der Waals surface area contributed by atoms with Gasteiger partial charge in [0.1, 0.15) is 6.17 Å². The van der Waals surface area contributed by atoms with E-state index >= 15 is 0 Å². The summed E-state index contributed by atoms with van der Waals surface area (Å²) in [5.41, 5.74) is -0.485. The summed E-state index contributed by atoms with van der Waals surface area (Å²) in [4.78, 5) is 11.3. The van der Waals surface area contributed by atoms with Crippen LogP contribution < -0.4 is 0 Å². The number of ether oxygens (including phenoxy) is 1. The first-order valence-corrected chi connectivity index (χ1v) is 6.63. The van der Waals surface area contributed by atoms with Gasteiger partial charge in [-0.2, -0.15) is 0 Å². The van der Waals surface area contributed by atoms with Crippen molar-refractivity contribution in [2.45, 2.75) is 37.5 Å². The summed E-state index contributed by atoms with van der Waals surface area (Å²) in [6, 6.07) is 6.48. The van der Waals surface area contributed by atoms with Gasteiger partial charge in [0.15, 0.2) is 5.60 Å². The lowest BCUT2D eigenvalue weighted by Crippen LogP contribution is -2.40. The van der Waals surface area contributed by atoms with Gasteiger partial charge >= 0.3 is 5.97 Å². The van der Waals surface area contributed by atoms with Crippen LogP contribution in [0, 0.1) is 11.8 Å².